The molecule has 0 aliphatic heterocycles. The molecule has 0 radical (unpaired) electrons. The highest BCUT2D eigenvalue weighted by molar-refractivity contribution is 7.98. The smallest absolute Gasteiger partial charge is 0.0634 e. The van der Waals surface area contributed by atoms with Crippen molar-refractivity contribution in [1.82, 2.24) is 10.3 Å². The van der Waals surface area contributed by atoms with Gasteiger partial charge in [0.15, 0.2) is 0 Å². The summed E-state index contributed by atoms with van der Waals surface area (Å²) < 4.78 is 0. The van der Waals surface area contributed by atoms with Gasteiger partial charge in [-0.3, -0.25) is 4.98 Å². The predicted molar refractivity (Wildman–Crippen MR) is 77.8 cm³/mol. The van der Waals surface area contributed by atoms with Gasteiger partial charge >= 0.3 is 0 Å². The van der Waals surface area contributed by atoms with Gasteiger partial charge < -0.3 is 5.32 Å². The molecule has 1 heterocycles. The van der Waals surface area contributed by atoms with E-state index in [1.807, 2.05) is 17.8 Å². The predicted octanol–water partition coefficient (Wildman–Crippen LogP) is 3.75. The first-order valence-electron chi connectivity index (χ1n) is 6.12. The van der Waals surface area contributed by atoms with Crippen molar-refractivity contribution in [3.8, 4) is 0 Å². The van der Waals surface area contributed by atoms with Gasteiger partial charge in [-0.25, -0.2) is 0 Å². The van der Waals surface area contributed by atoms with Crippen molar-refractivity contribution in [3.05, 3.63) is 29.0 Å². The van der Waals surface area contributed by atoms with Gasteiger partial charge in [0.05, 0.1) is 5.02 Å². The standard InChI is InChI=1S/C13H21ClN2S/c1-17-9-5-3-2-4-7-15-10-12-6-8-16-11-13(12)14/h6,8,11,15H,2-5,7,9-10H2,1H3. The fraction of sp³-hybridized carbons (Fsp3) is 0.615. The van der Waals surface area contributed by atoms with Gasteiger partial charge in [0.1, 0.15) is 0 Å². The zero-order valence-electron chi connectivity index (χ0n) is 10.4. The maximum atomic E-state index is 6.02. The van der Waals surface area contributed by atoms with E-state index in [4.69, 9.17) is 11.6 Å². The number of halogens is 1. The molecule has 0 unspecified atom stereocenters. The lowest BCUT2D eigenvalue weighted by molar-refractivity contribution is 0.599. The topological polar surface area (TPSA) is 24.9 Å². The molecule has 0 saturated carbocycles. The first kappa shape index (κ1) is 14.8. The van der Waals surface area contributed by atoms with Crippen LogP contribution in [0.2, 0.25) is 5.02 Å². The van der Waals surface area contributed by atoms with Crippen molar-refractivity contribution in [2.24, 2.45) is 0 Å². The maximum Gasteiger partial charge on any atom is 0.0634 e. The van der Waals surface area contributed by atoms with Gasteiger partial charge in [-0.05, 0) is 43.0 Å². The lowest BCUT2D eigenvalue weighted by Crippen LogP contribution is -2.14. The molecule has 0 saturated heterocycles. The molecule has 17 heavy (non-hydrogen) atoms. The summed E-state index contributed by atoms with van der Waals surface area (Å²) in [5.41, 5.74) is 1.13. The quantitative estimate of drug-likeness (QED) is 0.693. The third-order valence-corrected chi connectivity index (χ3v) is 3.66. The number of hydrogen-bond donors (Lipinski definition) is 1. The lowest BCUT2D eigenvalue weighted by Gasteiger charge is -2.06. The molecule has 4 heteroatoms. The third kappa shape index (κ3) is 6.92. The van der Waals surface area contributed by atoms with E-state index in [1.165, 1.54) is 31.4 Å². The molecule has 0 spiro atoms. The van der Waals surface area contributed by atoms with Crippen molar-refractivity contribution >= 4 is 23.4 Å². The van der Waals surface area contributed by atoms with Crippen molar-refractivity contribution in [3.63, 3.8) is 0 Å². The Morgan fingerprint density at radius 3 is 2.88 bits per heavy atom. The van der Waals surface area contributed by atoms with E-state index < -0.39 is 0 Å². The van der Waals surface area contributed by atoms with Crippen molar-refractivity contribution in [2.45, 2.75) is 32.2 Å². The molecule has 2 nitrogen and oxygen atoms in total. The molecular weight excluding hydrogens is 252 g/mol. The normalized spacial score (nSPS) is 10.7. The van der Waals surface area contributed by atoms with Crippen LogP contribution in [0, 0.1) is 0 Å². The maximum absolute atomic E-state index is 6.02. The molecule has 0 atom stereocenters. The molecular formula is C13H21ClN2S. The second-order valence-corrected chi connectivity index (χ2v) is 5.44. The van der Waals surface area contributed by atoms with E-state index in [2.05, 4.69) is 16.6 Å². The summed E-state index contributed by atoms with van der Waals surface area (Å²) in [7, 11) is 0. The summed E-state index contributed by atoms with van der Waals surface area (Å²) in [5.74, 6) is 1.29. The number of unbranched alkanes of at least 4 members (excludes halogenated alkanes) is 3. The minimum Gasteiger partial charge on any atom is -0.313 e. The van der Waals surface area contributed by atoms with Crippen LogP contribution in [0.15, 0.2) is 18.5 Å². The number of rotatable bonds is 9. The van der Waals surface area contributed by atoms with E-state index >= 15 is 0 Å². The van der Waals surface area contributed by atoms with Crippen LogP contribution in [-0.4, -0.2) is 23.5 Å². The number of nitrogens with zero attached hydrogens (tertiary/aromatic N) is 1. The van der Waals surface area contributed by atoms with Crippen molar-refractivity contribution in [2.75, 3.05) is 18.6 Å². The Labute approximate surface area is 114 Å². The van der Waals surface area contributed by atoms with Crippen LogP contribution in [0.3, 0.4) is 0 Å². The zero-order valence-corrected chi connectivity index (χ0v) is 12.0. The minimum atomic E-state index is 0.750. The van der Waals surface area contributed by atoms with Crippen LogP contribution in [0.25, 0.3) is 0 Å². The molecule has 1 rings (SSSR count). The number of aromatic nitrogens is 1. The summed E-state index contributed by atoms with van der Waals surface area (Å²) in [6.45, 7) is 1.91. The number of thioether (sulfide) groups is 1. The van der Waals surface area contributed by atoms with Gasteiger partial charge in [-0.1, -0.05) is 24.4 Å². The van der Waals surface area contributed by atoms with E-state index in [0.29, 0.717) is 0 Å². The summed E-state index contributed by atoms with van der Waals surface area (Å²) >= 11 is 7.95. The Morgan fingerprint density at radius 1 is 1.29 bits per heavy atom. The highest BCUT2D eigenvalue weighted by Crippen LogP contribution is 2.12. The monoisotopic (exact) mass is 272 g/mol. The molecule has 0 fully saturated rings. The summed E-state index contributed by atoms with van der Waals surface area (Å²) in [6, 6.07) is 1.97. The Hall–Kier alpha value is -0.250. The van der Waals surface area contributed by atoms with Crippen LogP contribution in [0.4, 0.5) is 0 Å². The molecule has 0 amide bonds. The molecule has 0 aromatic carbocycles. The highest BCUT2D eigenvalue weighted by atomic mass is 35.5. The summed E-state index contributed by atoms with van der Waals surface area (Å²) in [6.07, 6.45) is 10.9. The van der Waals surface area contributed by atoms with Crippen LogP contribution in [0.5, 0.6) is 0 Å². The number of nitrogens with one attached hydrogen (secondary N) is 1. The average molecular weight is 273 g/mol. The van der Waals surface area contributed by atoms with Crippen LogP contribution < -0.4 is 5.32 Å². The van der Waals surface area contributed by atoms with Crippen LogP contribution in [0.1, 0.15) is 31.2 Å². The van der Waals surface area contributed by atoms with E-state index in [9.17, 15) is 0 Å². The molecule has 96 valence electrons. The summed E-state index contributed by atoms with van der Waals surface area (Å²) in [4.78, 5) is 3.97. The Kier molecular flexibility index (Phi) is 8.49. The minimum absolute atomic E-state index is 0.750. The van der Waals surface area contributed by atoms with E-state index in [1.54, 1.807) is 12.4 Å². The second-order valence-electron chi connectivity index (χ2n) is 4.05. The molecule has 1 aromatic rings. The zero-order chi connectivity index (χ0) is 12.3. The molecule has 0 aliphatic carbocycles. The third-order valence-electron chi connectivity index (χ3n) is 2.62. The SMILES string of the molecule is CSCCCCCCNCc1ccncc1Cl. The first-order chi connectivity index (χ1) is 8.34. The van der Waals surface area contributed by atoms with Crippen LogP contribution >= 0.6 is 23.4 Å². The fourth-order valence-corrected chi connectivity index (χ4v) is 2.30. The van der Waals surface area contributed by atoms with Gasteiger partial charge in [0, 0.05) is 18.9 Å². The molecule has 0 aliphatic rings. The average Bonchev–Trinajstić information content (AvgIpc) is 2.35. The Balaban J connectivity index is 1.99. The van der Waals surface area contributed by atoms with Gasteiger partial charge in [0.25, 0.3) is 0 Å². The first-order valence-corrected chi connectivity index (χ1v) is 7.90. The number of hydrogen-bond acceptors (Lipinski definition) is 3. The largest absolute Gasteiger partial charge is 0.313 e. The molecule has 1 N–H and O–H groups in total. The Bertz CT molecular complexity index is 307. The molecule has 0 bridgehead atoms. The van der Waals surface area contributed by atoms with E-state index in [-0.39, 0.29) is 0 Å². The Morgan fingerprint density at radius 2 is 2.12 bits per heavy atom. The van der Waals surface area contributed by atoms with E-state index in [0.717, 1.165) is 23.7 Å². The van der Waals surface area contributed by atoms with Gasteiger partial charge in [-0.15, -0.1) is 0 Å². The fourth-order valence-electron chi connectivity index (χ4n) is 1.62. The van der Waals surface area contributed by atoms with Crippen molar-refractivity contribution < 1.29 is 0 Å². The lowest BCUT2D eigenvalue weighted by atomic mass is 10.2. The van der Waals surface area contributed by atoms with Crippen molar-refractivity contribution in [1.29, 1.82) is 0 Å². The van der Waals surface area contributed by atoms with Gasteiger partial charge in [0.2, 0.25) is 0 Å². The molecule has 1 aromatic heterocycles. The number of pyridine rings is 1. The second kappa shape index (κ2) is 9.75. The van der Waals surface area contributed by atoms with Gasteiger partial charge in [-0.2, -0.15) is 11.8 Å². The highest BCUT2D eigenvalue weighted by Gasteiger charge is 1.98. The summed E-state index contributed by atoms with van der Waals surface area (Å²) in [5, 5.41) is 4.17. The van der Waals surface area contributed by atoms with Crippen LogP contribution in [-0.2, 0) is 6.54 Å².